The Morgan fingerprint density at radius 2 is 1.54 bits per heavy atom. The number of ether oxygens (including phenoxy) is 1. The maximum atomic E-state index is 13.6. The van der Waals surface area contributed by atoms with Crippen LogP contribution in [0.15, 0.2) is 64.3 Å². The molecule has 1 aromatic heterocycles. The molecule has 0 unspecified atom stereocenters. The Bertz CT molecular complexity index is 1470. The first kappa shape index (κ1) is 27.7. The third-order valence-corrected chi connectivity index (χ3v) is 6.92. The van der Waals surface area contributed by atoms with Gasteiger partial charge in [-0.15, -0.1) is 0 Å². The molecular weight excluding hydrogens is 543 g/mol. The van der Waals surface area contributed by atoms with Crippen LogP contribution in [0.25, 0.3) is 0 Å². The number of non-ortho nitro benzene ring substituents is 2. The summed E-state index contributed by atoms with van der Waals surface area (Å²) in [6.45, 7) is 0.939. The van der Waals surface area contributed by atoms with Gasteiger partial charge >= 0.3 is 13.5 Å². The second-order valence-corrected chi connectivity index (χ2v) is 9.86. The fraction of sp³-hybridized carbons (Fsp3) is 0.273. The molecule has 1 aliphatic heterocycles. The molecule has 206 valence electrons. The number of aromatic amines is 1. The molecule has 2 heterocycles. The number of nitro benzene ring substituents is 2. The Hall–Kier alpha value is -4.37. The molecule has 1 saturated heterocycles. The molecule has 1 aliphatic rings. The third kappa shape index (κ3) is 6.56. The number of phosphoric ester groups is 1. The zero-order chi connectivity index (χ0) is 28.3. The van der Waals surface area contributed by atoms with Crippen LogP contribution in [0.4, 0.5) is 11.4 Å². The van der Waals surface area contributed by atoms with Gasteiger partial charge in [-0.3, -0.25) is 39.1 Å². The normalized spacial score (nSPS) is 19.0. The highest BCUT2D eigenvalue weighted by molar-refractivity contribution is 7.49. The molecule has 1 fully saturated rings. The fourth-order valence-electron chi connectivity index (χ4n) is 3.59. The maximum Gasteiger partial charge on any atom is 0.587 e. The number of rotatable bonds is 10. The molecule has 4 rings (SSSR count). The van der Waals surface area contributed by atoms with E-state index >= 15 is 0 Å². The number of nitrogens with zero attached hydrogens (tertiary/aromatic N) is 3. The molecule has 17 heteroatoms. The van der Waals surface area contributed by atoms with Crippen LogP contribution >= 0.6 is 7.82 Å². The summed E-state index contributed by atoms with van der Waals surface area (Å²) in [5.41, 5.74) is -1.59. The number of H-pyrrole nitrogens is 1. The van der Waals surface area contributed by atoms with E-state index < -0.39 is 54.0 Å². The van der Waals surface area contributed by atoms with E-state index in [-0.39, 0.29) is 34.9 Å². The average Bonchev–Trinajstić information content (AvgIpc) is 3.25. The van der Waals surface area contributed by atoms with Gasteiger partial charge in [0.15, 0.2) is 0 Å². The lowest BCUT2D eigenvalue weighted by Crippen LogP contribution is -2.33. The zero-order valence-corrected chi connectivity index (χ0v) is 21.0. The topological polar surface area (TPSA) is 215 Å². The lowest BCUT2D eigenvalue weighted by molar-refractivity contribution is -0.385. The molecule has 3 aromatic rings. The van der Waals surface area contributed by atoms with Crippen molar-refractivity contribution in [1.82, 2.24) is 9.55 Å². The first-order chi connectivity index (χ1) is 18.4. The highest BCUT2D eigenvalue weighted by Crippen LogP contribution is 2.50. The third-order valence-electron chi connectivity index (χ3n) is 5.59. The van der Waals surface area contributed by atoms with E-state index in [2.05, 4.69) is 4.98 Å². The van der Waals surface area contributed by atoms with Crippen molar-refractivity contribution in [2.45, 2.75) is 31.8 Å². The molecule has 39 heavy (non-hydrogen) atoms. The standard InChI is InChI=1S/C22H21N4O12P/c1-13-11-24(22(29)23-21(13)28)20-10-18(27)19(36-20)12-35-39(34,37-16-6-2-14(3-7-16)25(30)31)38-17-8-4-15(5-9-17)26(32)33/h2-9,11,18-20,27H,10,12H2,1H3,(H,23,28,29)/t18-,19+,20+/m0/s1. The van der Waals surface area contributed by atoms with E-state index in [1.54, 1.807) is 0 Å². The second-order valence-electron chi connectivity index (χ2n) is 8.34. The van der Waals surface area contributed by atoms with Gasteiger partial charge in [-0.2, -0.15) is 0 Å². The van der Waals surface area contributed by atoms with Gasteiger partial charge in [-0.1, -0.05) is 0 Å². The van der Waals surface area contributed by atoms with Crippen LogP contribution in [0.1, 0.15) is 18.2 Å². The molecule has 0 aliphatic carbocycles. The van der Waals surface area contributed by atoms with E-state index in [4.69, 9.17) is 18.3 Å². The van der Waals surface area contributed by atoms with Gasteiger partial charge in [0.1, 0.15) is 23.8 Å². The summed E-state index contributed by atoms with van der Waals surface area (Å²) >= 11 is 0. The number of phosphoric acid groups is 1. The van der Waals surface area contributed by atoms with Crippen LogP contribution in [0, 0.1) is 27.2 Å². The highest BCUT2D eigenvalue weighted by atomic mass is 31.2. The number of nitro groups is 2. The van der Waals surface area contributed by atoms with Gasteiger partial charge < -0.3 is 18.9 Å². The van der Waals surface area contributed by atoms with Crippen molar-refractivity contribution in [3.8, 4) is 11.5 Å². The van der Waals surface area contributed by atoms with Gasteiger partial charge in [0, 0.05) is 42.4 Å². The predicted molar refractivity (Wildman–Crippen MR) is 132 cm³/mol. The van der Waals surface area contributed by atoms with E-state index in [0.717, 1.165) is 53.1 Å². The number of hydrogen-bond donors (Lipinski definition) is 2. The van der Waals surface area contributed by atoms with Crippen molar-refractivity contribution >= 4 is 19.2 Å². The smallest absolute Gasteiger partial charge is 0.395 e. The summed E-state index contributed by atoms with van der Waals surface area (Å²) in [5, 5.41) is 32.3. The van der Waals surface area contributed by atoms with E-state index in [9.17, 15) is 39.5 Å². The summed E-state index contributed by atoms with van der Waals surface area (Å²) in [4.78, 5) is 46.5. The fourth-order valence-corrected chi connectivity index (χ4v) is 4.82. The Morgan fingerprint density at radius 1 is 1.03 bits per heavy atom. The number of aliphatic hydroxyl groups is 1. The van der Waals surface area contributed by atoms with Gasteiger partial charge in [0.25, 0.3) is 16.9 Å². The molecule has 0 bridgehead atoms. The van der Waals surface area contributed by atoms with Crippen molar-refractivity contribution in [3.63, 3.8) is 0 Å². The van der Waals surface area contributed by atoms with Crippen LogP contribution in [-0.4, -0.2) is 43.3 Å². The number of nitrogens with one attached hydrogen (secondary N) is 1. The van der Waals surface area contributed by atoms with E-state index in [0.29, 0.717) is 0 Å². The van der Waals surface area contributed by atoms with Crippen LogP contribution in [0.3, 0.4) is 0 Å². The molecule has 0 amide bonds. The summed E-state index contributed by atoms with van der Waals surface area (Å²) in [6, 6.07) is 9.05. The number of hydrogen-bond acceptors (Lipinski definition) is 12. The lowest BCUT2D eigenvalue weighted by Gasteiger charge is -2.22. The van der Waals surface area contributed by atoms with Crippen LogP contribution < -0.4 is 20.3 Å². The van der Waals surface area contributed by atoms with Gasteiger partial charge in [0.05, 0.1) is 22.6 Å². The highest BCUT2D eigenvalue weighted by Gasteiger charge is 2.40. The van der Waals surface area contributed by atoms with Crippen molar-refractivity contribution in [2.24, 2.45) is 0 Å². The van der Waals surface area contributed by atoms with Gasteiger partial charge in [-0.25, -0.2) is 9.36 Å². The van der Waals surface area contributed by atoms with Crippen LogP contribution in [0.2, 0.25) is 0 Å². The molecule has 2 aromatic carbocycles. The summed E-state index contributed by atoms with van der Waals surface area (Å²) in [7, 11) is -4.58. The van der Waals surface area contributed by atoms with Crippen molar-refractivity contribution in [1.29, 1.82) is 0 Å². The molecule has 2 N–H and O–H groups in total. The SMILES string of the molecule is Cc1cn([C@H]2C[C@H](O)[C@@H](COP(=O)(Oc3ccc([N+](=O)[O-])cc3)Oc3ccc([N+](=O)[O-])cc3)O2)c(=O)[nH]c1=O. The molecule has 0 saturated carbocycles. The Labute approximate surface area is 218 Å². The molecular formula is C22H21N4O12P. The van der Waals surface area contributed by atoms with Gasteiger partial charge in [-0.05, 0) is 31.2 Å². The quantitative estimate of drug-likeness (QED) is 0.206. The number of aliphatic hydroxyl groups excluding tert-OH is 1. The molecule has 16 nitrogen and oxygen atoms in total. The Balaban J connectivity index is 1.53. The Morgan fingerprint density at radius 3 is 2.03 bits per heavy atom. The largest absolute Gasteiger partial charge is 0.587 e. The minimum absolute atomic E-state index is 0.0594. The van der Waals surface area contributed by atoms with Crippen LogP contribution in [0.5, 0.6) is 11.5 Å². The summed E-state index contributed by atoms with van der Waals surface area (Å²) in [5.74, 6) is -0.237. The van der Waals surface area contributed by atoms with Gasteiger partial charge in [0.2, 0.25) is 0 Å². The molecule has 3 atom stereocenters. The van der Waals surface area contributed by atoms with E-state index in [1.807, 2.05) is 0 Å². The molecule has 0 spiro atoms. The summed E-state index contributed by atoms with van der Waals surface area (Å²) < 4.78 is 36.6. The second kappa shape index (κ2) is 11.2. The van der Waals surface area contributed by atoms with Crippen LogP contribution in [-0.2, 0) is 13.8 Å². The number of aryl methyl sites for hydroxylation is 1. The maximum absolute atomic E-state index is 13.6. The number of aromatic nitrogens is 2. The first-order valence-corrected chi connectivity index (χ1v) is 12.7. The monoisotopic (exact) mass is 564 g/mol. The molecule has 0 radical (unpaired) electrons. The average molecular weight is 564 g/mol. The lowest BCUT2D eigenvalue weighted by atomic mass is 10.2. The van der Waals surface area contributed by atoms with Crippen molar-refractivity contribution < 1.29 is 37.8 Å². The zero-order valence-electron chi connectivity index (χ0n) is 20.1. The summed E-state index contributed by atoms with van der Waals surface area (Å²) in [6.07, 6.45) is -2.04. The minimum Gasteiger partial charge on any atom is -0.395 e. The number of benzene rings is 2. The first-order valence-electron chi connectivity index (χ1n) is 11.2. The van der Waals surface area contributed by atoms with Crippen molar-refractivity contribution in [3.05, 3.63) is 101 Å². The van der Waals surface area contributed by atoms with E-state index in [1.165, 1.54) is 13.1 Å². The predicted octanol–water partition coefficient (Wildman–Crippen LogP) is 2.59. The minimum atomic E-state index is -4.58. The van der Waals surface area contributed by atoms with Crippen molar-refractivity contribution in [2.75, 3.05) is 6.61 Å². The Kier molecular flexibility index (Phi) is 7.92.